The Balaban J connectivity index is 2.08. The molecule has 1 aliphatic rings. The van der Waals surface area contributed by atoms with Gasteiger partial charge in [-0.2, -0.15) is 5.10 Å². The average Bonchev–Trinajstić information content (AvgIpc) is 3.04. The first kappa shape index (κ1) is 11.6. The van der Waals surface area contributed by atoms with Crippen molar-refractivity contribution in [3.05, 3.63) is 17.5 Å². The summed E-state index contributed by atoms with van der Waals surface area (Å²) in [5.74, 6) is -1.05. The summed E-state index contributed by atoms with van der Waals surface area (Å²) in [6.07, 6.45) is 3.39. The van der Waals surface area contributed by atoms with Gasteiger partial charge in [-0.05, 0) is 19.8 Å². The molecule has 1 N–H and O–H groups in total. The van der Waals surface area contributed by atoms with Crippen molar-refractivity contribution in [1.82, 2.24) is 14.7 Å². The van der Waals surface area contributed by atoms with Crippen molar-refractivity contribution in [2.45, 2.75) is 32.4 Å². The highest BCUT2D eigenvalue weighted by molar-refractivity contribution is 5.88. The van der Waals surface area contributed by atoms with Gasteiger partial charge >= 0.3 is 5.97 Å². The maximum atomic E-state index is 11.8. The molecule has 1 fully saturated rings. The predicted molar refractivity (Wildman–Crippen MR) is 59.7 cm³/mol. The topological polar surface area (TPSA) is 75.4 Å². The van der Waals surface area contributed by atoms with Gasteiger partial charge in [0.25, 0.3) is 0 Å². The first-order chi connectivity index (χ1) is 8.00. The van der Waals surface area contributed by atoms with Crippen molar-refractivity contribution in [1.29, 1.82) is 0 Å². The highest BCUT2D eigenvalue weighted by Gasteiger charge is 2.29. The molecule has 6 nitrogen and oxygen atoms in total. The third-order valence-electron chi connectivity index (χ3n) is 3.11. The van der Waals surface area contributed by atoms with Crippen LogP contribution in [0.1, 0.15) is 28.9 Å². The molecule has 1 saturated carbocycles. The van der Waals surface area contributed by atoms with E-state index in [9.17, 15) is 9.59 Å². The van der Waals surface area contributed by atoms with Crippen LogP contribution in [0.25, 0.3) is 0 Å². The van der Waals surface area contributed by atoms with E-state index in [0.717, 1.165) is 12.8 Å². The van der Waals surface area contributed by atoms with E-state index in [1.165, 1.54) is 10.9 Å². The van der Waals surface area contributed by atoms with Crippen LogP contribution in [0.15, 0.2) is 6.20 Å². The molecule has 0 radical (unpaired) electrons. The summed E-state index contributed by atoms with van der Waals surface area (Å²) in [5, 5.41) is 12.8. The fourth-order valence-corrected chi connectivity index (χ4v) is 1.72. The van der Waals surface area contributed by atoms with E-state index < -0.39 is 5.97 Å². The van der Waals surface area contributed by atoms with Gasteiger partial charge < -0.3 is 10.0 Å². The van der Waals surface area contributed by atoms with Crippen molar-refractivity contribution in [3.8, 4) is 0 Å². The van der Waals surface area contributed by atoms with Crippen molar-refractivity contribution >= 4 is 11.9 Å². The first-order valence-corrected chi connectivity index (χ1v) is 5.52. The van der Waals surface area contributed by atoms with E-state index in [1.807, 2.05) is 0 Å². The summed E-state index contributed by atoms with van der Waals surface area (Å²) in [7, 11) is 1.77. The number of carboxylic acids is 1. The summed E-state index contributed by atoms with van der Waals surface area (Å²) in [6.45, 7) is 1.76. The Bertz CT molecular complexity index is 463. The predicted octanol–water partition coefficient (Wildman–Crippen LogP) is 0.511. The standard InChI is InChI=1S/C11H15N3O3/c1-7-9(11(16)17)5-12-14(7)6-10(15)13(2)8-3-4-8/h5,8H,3-4,6H2,1-2H3,(H,16,17). The molecule has 1 aromatic heterocycles. The largest absolute Gasteiger partial charge is 0.478 e. The molecular formula is C11H15N3O3. The van der Waals surface area contributed by atoms with E-state index in [0.29, 0.717) is 11.7 Å². The van der Waals surface area contributed by atoms with E-state index in [4.69, 9.17) is 5.11 Å². The summed E-state index contributed by atoms with van der Waals surface area (Å²) in [5.41, 5.74) is 0.655. The second-order valence-corrected chi connectivity index (χ2v) is 4.34. The third-order valence-corrected chi connectivity index (χ3v) is 3.11. The highest BCUT2D eigenvalue weighted by atomic mass is 16.4. The molecule has 1 aromatic rings. The second kappa shape index (κ2) is 4.20. The van der Waals surface area contributed by atoms with Crippen LogP contribution < -0.4 is 0 Å². The van der Waals surface area contributed by atoms with Crippen LogP contribution in [0, 0.1) is 6.92 Å². The number of aromatic carboxylic acids is 1. The van der Waals surface area contributed by atoms with Crippen molar-refractivity contribution in [3.63, 3.8) is 0 Å². The number of nitrogens with zero attached hydrogens (tertiary/aromatic N) is 3. The van der Waals surface area contributed by atoms with Crippen LogP contribution in [0.5, 0.6) is 0 Å². The maximum absolute atomic E-state index is 11.8. The summed E-state index contributed by atoms with van der Waals surface area (Å²) >= 11 is 0. The van der Waals surface area contributed by atoms with Gasteiger partial charge in [0.15, 0.2) is 0 Å². The lowest BCUT2D eigenvalue weighted by Crippen LogP contribution is -2.32. The lowest BCUT2D eigenvalue weighted by molar-refractivity contribution is -0.131. The van der Waals surface area contributed by atoms with Gasteiger partial charge in [-0.3, -0.25) is 9.48 Å². The number of amides is 1. The molecule has 1 heterocycles. The molecule has 0 unspecified atom stereocenters. The number of hydrogen-bond donors (Lipinski definition) is 1. The van der Waals surface area contributed by atoms with E-state index in [-0.39, 0.29) is 18.0 Å². The van der Waals surface area contributed by atoms with Gasteiger partial charge in [0.1, 0.15) is 12.1 Å². The zero-order chi connectivity index (χ0) is 12.6. The zero-order valence-corrected chi connectivity index (χ0v) is 9.88. The zero-order valence-electron chi connectivity index (χ0n) is 9.88. The molecule has 6 heteroatoms. The number of carbonyl (C=O) groups is 2. The van der Waals surface area contributed by atoms with Crippen molar-refractivity contribution in [2.24, 2.45) is 0 Å². The maximum Gasteiger partial charge on any atom is 0.339 e. The van der Waals surface area contributed by atoms with Gasteiger partial charge in [0, 0.05) is 13.1 Å². The molecule has 17 heavy (non-hydrogen) atoms. The van der Waals surface area contributed by atoms with Crippen LogP contribution in [0.2, 0.25) is 0 Å². The fraction of sp³-hybridized carbons (Fsp3) is 0.545. The van der Waals surface area contributed by atoms with Gasteiger partial charge in [0.05, 0.1) is 11.9 Å². The minimum absolute atomic E-state index is 0.0318. The van der Waals surface area contributed by atoms with Gasteiger partial charge in [-0.25, -0.2) is 4.79 Å². The van der Waals surface area contributed by atoms with Gasteiger partial charge in [-0.15, -0.1) is 0 Å². The van der Waals surface area contributed by atoms with Crippen LogP contribution in [0.4, 0.5) is 0 Å². The molecule has 0 aromatic carbocycles. The highest BCUT2D eigenvalue weighted by Crippen LogP contribution is 2.25. The molecule has 1 aliphatic carbocycles. The molecule has 0 aliphatic heterocycles. The Hall–Kier alpha value is -1.85. The van der Waals surface area contributed by atoms with E-state index in [1.54, 1.807) is 18.9 Å². The normalized spacial score (nSPS) is 14.7. The molecular weight excluding hydrogens is 222 g/mol. The number of aromatic nitrogens is 2. The SMILES string of the molecule is Cc1c(C(=O)O)cnn1CC(=O)N(C)C1CC1. The Morgan fingerprint density at radius 1 is 1.59 bits per heavy atom. The number of hydrogen-bond acceptors (Lipinski definition) is 3. The van der Waals surface area contributed by atoms with Gasteiger partial charge in [-0.1, -0.05) is 0 Å². The minimum atomic E-state index is -1.02. The van der Waals surface area contributed by atoms with Crippen LogP contribution in [-0.4, -0.2) is 44.8 Å². The number of carboxylic acid groups (broad SMARTS) is 1. The third kappa shape index (κ3) is 2.30. The van der Waals surface area contributed by atoms with Gasteiger partial charge in [0.2, 0.25) is 5.91 Å². The van der Waals surface area contributed by atoms with E-state index >= 15 is 0 Å². The number of carbonyl (C=O) groups excluding carboxylic acids is 1. The Morgan fingerprint density at radius 3 is 2.71 bits per heavy atom. The Labute approximate surface area is 98.8 Å². The summed E-state index contributed by atoms with van der Waals surface area (Å²) in [6, 6.07) is 0.359. The first-order valence-electron chi connectivity index (χ1n) is 5.52. The Morgan fingerprint density at radius 2 is 2.24 bits per heavy atom. The average molecular weight is 237 g/mol. The summed E-state index contributed by atoms with van der Waals surface area (Å²) < 4.78 is 1.44. The fourth-order valence-electron chi connectivity index (χ4n) is 1.72. The molecule has 0 atom stereocenters. The molecule has 0 saturated heterocycles. The minimum Gasteiger partial charge on any atom is -0.478 e. The molecule has 92 valence electrons. The van der Waals surface area contributed by atoms with Crippen molar-refractivity contribution < 1.29 is 14.7 Å². The lowest BCUT2D eigenvalue weighted by Gasteiger charge is -2.16. The monoisotopic (exact) mass is 237 g/mol. The number of likely N-dealkylation sites (N-methyl/N-ethyl adjacent to an activating group) is 1. The smallest absolute Gasteiger partial charge is 0.339 e. The van der Waals surface area contributed by atoms with Crippen LogP contribution in [-0.2, 0) is 11.3 Å². The Kier molecular flexibility index (Phi) is 2.87. The van der Waals surface area contributed by atoms with E-state index in [2.05, 4.69) is 5.10 Å². The molecule has 1 amide bonds. The van der Waals surface area contributed by atoms with Crippen LogP contribution in [0.3, 0.4) is 0 Å². The second-order valence-electron chi connectivity index (χ2n) is 4.34. The summed E-state index contributed by atoms with van der Waals surface area (Å²) in [4.78, 5) is 24.4. The molecule has 0 bridgehead atoms. The lowest BCUT2D eigenvalue weighted by atomic mass is 10.3. The van der Waals surface area contributed by atoms with Crippen LogP contribution >= 0.6 is 0 Å². The number of rotatable bonds is 4. The van der Waals surface area contributed by atoms with Crippen molar-refractivity contribution in [2.75, 3.05) is 7.05 Å². The molecule has 2 rings (SSSR count). The quantitative estimate of drug-likeness (QED) is 0.827. The molecule has 0 spiro atoms.